The normalized spacial score (nSPS) is 12.0. The first-order valence-electron chi connectivity index (χ1n) is 16.3. The summed E-state index contributed by atoms with van der Waals surface area (Å²) in [4.78, 5) is 5.41. The topological polar surface area (TPSA) is 86.2 Å². The first kappa shape index (κ1) is 28.8. The molecule has 240 valence electrons. The second-order valence-electron chi connectivity index (χ2n) is 12.3. The maximum absolute atomic E-state index is 10.1. The number of aliphatic hydroxyl groups is 1. The first-order chi connectivity index (χ1) is 24.7. The number of para-hydroxylation sites is 2. The van der Waals surface area contributed by atoms with Gasteiger partial charge in [-0.15, -0.1) is 5.10 Å². The minimum atomic E-state index is -0.200. The van der Waals surface area contributed by atoms with Gasteiger partial charge in [0.05, 0.1) is 26.4 Å². The fraction of sp³-hybridized carbons (Fsp3) is 0.0732. The van der Waals surface area contributed by atoms with Crippen molar-refractivity contribution in [3.63, 3.8) is 0 Å². The third-order valence-corrected chi connectivity index (χ3v) is 10.6. The largest absolute Gasteiger partial charge is 0.497 e. The Hall–Kier alpha value is -6.16. The standard InChI is InChI=1S/C41H28N5O3S/c1-48-26-17-15-25(16-18-26)37-30-21-27(49-2)19-20-32(30)46(41-44-43-34(22-47)50-41)40(37)45-33-12-4-3-11-31(33)42-38-28-9-5-7-23-13-14-24-8-6-10-29(39(38)45)36(24)35(23)28/h3-21,47H,22H2,1-2H3/q+1. The molecule has 9 heteroatoms. The molecule has 0 saturated heterocycles. The van der Waals surface area contributed by atoms with Gasteiger partial charge in [0.1, 0.15) is 33.1 Å². The number of methoxy groups -OCH3 is 2. The molecule has 0 aliphatic heterocycles. The molecular weight excluding hydrogens is 643 g/mol. The van der Waals surface area contributed by atoms with Crippen LogP contribution in [-0.4, -0.2) is 39.1 Å². The van der Waals surface area contributed by atoms with Crippen LogP contribution in [0, 0.1) is 0 Å². The Morgan fingerprint density at radius 1 is 0.720 bits per heavy atom. The number of aliphatic hydroxyl groups excluding tert-OH is 1. The zero-order valence-corrected chi connectivity index (χ0v) is 27.9. The number of benzene rings is 7. The van der Waals surface area contributed by atoms with Crippen LogP contribution < -0.4 is 14.0 Å². The molecule has 0 saturated carbocycles. The van der Waals surface area contributed by atoms with E-state index in [4.69, 9.17) is 14.5 Å². The van der Waals surface area contributed by atoms with Crippen molar-refractivity contribution in [2.24, 2.45) is 0 Å². The zero-order chi connectivity index (χ0) is 33.5. The smallest absolute Gasteiger partial charge is 0.305 e. The molecule has 0 spiro atoms. The molecule has 8 nitrogen and oxygen atoms in total. The van der Waals surface area contributed by atoms with Crippen LogP contribution in [0.2, 0.25) is 0 Å². The first-order valence-corrected chi connectivity index (χ1v) is 17.1. The Bertz CT molecular complexity index is 2950. The fourth-order valence-corrected chi connectivity index (χ4v) is 8.30. The van der Waals surface area contributed by atoms with E-state index < -0.39 is 0 Å². The Balaban J connectivity index is 1.51. The van der Waals surface area contributed by atoms with Gasteiger partial charge < -0.3 is 14.6 Å². The summed E-state index contributed by atoms with van der Waals surface area (Å²) in [5, 5.41) is 28.2. The van der Waals surface area contributed by atoms with Gasteiger partial charge in [0, 0.05) is 21.5 Å². The highest BCUT2D eigenvalue weighted by Gasteiger charge is 2.35. The SMILES string of the molecule is COc1ccc(-c2c(-[n+]3c4ccccc4nc4c5cccc6ccc7cccc(c7c65)c43)n(-c3nnc(CO)s3)c3ccc(OC)cc23)cc1. The lowest BCUT2D eigenvalue weighted by molar-refractivity contribution is -0.541. The second kappa shape index (κ2) is 10.9. The van der Waals surface area contributed by atoms with Gasteiger partial charge >= 0.3 is 10.9 Å². The van der Waals surface area contributed by atoms with Crippen LogP contribution in [0.4, 0.5) is 0 Å². The number of rotatable bonds is 6. The Labute approximate surface area is 289 Å². The van der Waals surface area contributed by atoms with Crippen molar-refractivity contribution in [1.82, 2.24) is 19.7 Å². The highest BCUT2D eigenvalue weighted by molar-refractivity contribution is 7.13. The Kier molecular flexibility index (Phi) is 6.30. The molecule has 0 atom stereocenters. The number of nitrogens with zero attached hydrogens (tertiary/aromatic N) is 5. The van der Waals surface area contributed by atoms with E-state index in [0.29, 0.717) is 10.1 Å². The molecule has 0 aliphatic rings. The molecule has 3 heterocycles. The van der Waals surface area contributed by atoms with Gasteiger partial charge in [0.2, 0.25) is 0 Å². The zero-order valence-electron chi connectivity index (χ0n) is 27.1. The second-order valence-corrected chi connectivity index (χ2v) is 13.3. The molecule has 1 N–H and O–H groups in total. The van der Waals surface area contributed by atoms with Crippen LogP contribution in [-0.2, 0) is 6.61 Å². The number of aromatic nitrogens is 5. The Morgan fingerprint density at radius 2 is 1.44 bits per heavy atom. The summed E-state index contributed by atoms with van der Waals surface area (Å²) in [5.41, 5.74) is 6.58. The van der Waals surface area contributed by atoms with Crippen LogP contribution in [0.25, 0.3) is 87.4 Å². The summed E-state index contributed by atoms with van der Waals surface area (Å²) in [6.07, 6.45) is 0. The van der Waals surface area contributed by atoms with E-state index in [1.807, 2.05) is 24.3 Å². The maximum Gasteiger partial charge on any atom is 0.305 e. The molecule has 0 aliphatic carbocycles. The van der Waals surface area contributed by atoms with Gasteiger partial charge in [-0.1, -0.05) is 83.2 Å². The third-order valence-electron chi connectivity index (χ3n) is 9.72. The van der Waals surface area contributed by atoms with Crippen molar-refractivity contribution >= 4 is 76.6 Å². The molecule has 7 aromatic carbocycles. The van der Waals surface area contributed by atoms with Crippen molar-refractivity contribution in [2.45, 2.75) is 6.61 Å². The van der Waals surface area contributed by atoms with E-state index in [1.165, 1.54) is 32.9 Å². The quantitative estimate of drug-likeness (QED) is 0.108. The molecular formula is C41H28N5O3S+. The number of ether oxygens (including phenoxy) is 2. The van der Waals surface area contributed by atoms with Crippen LogP contribution >= 0.6 is 11.3 Å². The summed E-state index contributed by atoms with van der Waals surface area (Å²) in [5.74, 6) is 2.38. The summed E-state index contributed by atoms with van der Waals surface area (Å²) in [6.45, 7) is -0.200. The third kappa shape index (κ3) is 4.01. The predicted octanol–water partition coefficient (Wildman–Crippen LogP) is 8.53. The Morgan fingerprint density at radius 3 is 2.18 bits per heavy atom. The van der Waals surface area contributed by atoms with Crippen LogP contribution in [0.3, 0.4) is 0 Å². The highest BCUT2D eigenvalue weighted by atomic mass is 32.1. The van der Waals surface area contributed by atoms with Crippen LogP contribution in [0.15, 0.2) is 115 Å². The maximum atomic E-state index is 10.1. The van der Waals surface area contributed by atoms with Crippen LogP contribution in [0.1, 0.15) is 5.01 Å². The van der Waals surface area contributed by atoms with Gasteiger partial charge in [-0.3, -0.25) is 0 Å². The summed E-state index contributed by atoms with van der Waals surface area (Å²) < 4.78 is 15.9. The minimum absolute atomic E-state index is 0.200. The van der Waals surface area contributed by atoms with Crippen molar-refractivity contribution in [3.8, 4) is 33.6 Å². The van der Waals surface area contributed by atoms with E-state index in [1.54, 1.807) is 14.2 Å². The summed E-state index contributed by atoms with van der Waals surface area (Å²) in [7, 11) is 3.36. The number of hydrogen-bond acceptors (Lipinski definition) is 7. The molecule has 0 amide bonds. The molecule has 50 heavy (non-hydrogen) atoms. The van der Waals surface area contributed by atoms with E-state index in [-0.39, 0.29) is 6.61 Å². The number of fused-ring (bicyclic) bond motifs is 5. The van der Waals surface area contributed by atoms with Crippen molar-refractivity contribution in [1.29, 1.82) is 0 Å². The average molecular weight is 671 g/mol. The van der Waals surface area contributed by atoms with Gasteiger partial charge in [0.15, 0.2) is 11.0 Å². The molecule has 10 aromatic rings. The summed E-state index contributed by atoms with van der Waals surface area (Å²) in [6, 6.07) is 40.0. The van der Waals surface area contributed by atoms with Crippen molar-refractivity contribution in [2.75, 3.05) is 14.2 Å². The van der Waals surface area contributed by atoms with Gasteiger partial charge in [-0.2, -0.15) is 9.13 Å². The van der Waals surface area contributed by atoms with Gasteiger partial charge in [0.25, 0.3) is 0 Å². The molecule has 0 unspecified atom stereocenters. The average Bonchev–Trinajstić information content (AvgIpc) is 3.78. The lowest BCUT2D eigenvalue weighted by atomic mass is 9.92. The number of hydrogen-bond donors (Lipinski definition) is 1. The van der Waals surface area contributed by atoms with Gasteiger partial charge in [-0.05, 0) is 70.3 Å². The lowest BCUT2D eigenvalue weighted by Crippen LogP contribution is -2.36. The van der Waals surface area contributed by atoms with E-state index >= 15 is 0 Å². The van der Waals surface area contributed by atoms with Crippen molar-refractivity contribution < 1.29 is 19.1 Å². The highest BCUT2D eigenvalue weighted by Crippen LogP contribution is 2.44. The minimum Gasteiger partial charge on any atom is -0.497 e. The van der Waals surface area contributed by atoms with Crippen molar-refractivity contribution in [3.05, 3.63) is 120 Å². The molecule has 0 fully saturated rings. The molecule has 0 radical (unpaired) electrons. The van der Waals surface area contributed by atoms with E-state index in [0.717, 1.165) is 72.2 Å². The van der Waals surface area contributed by atoms with E-state index in [9.17, 15) is 5.11 Å². The van der Waals surface area contributed by atoms with Gasteiger partial charge in [-0.25, -0.2) is 4.98 Å². The summed E-state index contributed by atoms with van der Waals surface area (Å²) >= 11 is 1.37. The molecule has 10 rings (SSSR count). The van der Waals surface area contributed by atoms with Crippen LogP contribution in [0.5, 0.6) is 11.5 Å². The monoisotopic (exact) mass is 670 g/mol. The lowest BCUT2D eigenvalue weighted by Gasteiger charge is -2.17. The van der Waals surface area contributed by atoms with E-state index in [2.05, 4.69) is 110 Å². The fourth-order valence-electron chi connectivity index (χ4n) is 7.58. The molecule has 0 bridgehead atoms. The molecule has 3 aromatic heterocycles. The predicted molar refractivity (Wildman–Crippen MR) is 199 cm³/mol.